The molecule has 0 radical (unpaired) electrons. The molecule has 21 heavy (non-hydrogen) atoms. The Balaban J connectivity index is 1.91. The van der Waals surface area contributed by atoms with Crippen LogP contribution in [0.25, 0.3) is 22.4 Å². The van der Waals surface area contributed by atoms with Crippen molar-refractivity contribution in [2.24, 2.45) is 5.73 Å². The molecule has 0 amide bonds. The van der Waals surface area contributed by atoms with Gasteiger partial charge in [-0.05, 0) is 11.1 Å². The van der Waals surface area contributed by atoms with Gasteiger partial charge in [0.05, 0.1) is 23.4 Å². The van der Waals surface area contributed by atoms with Gasteiger partial charge in [-0.25, -0.2) is 4.68 Å². The van der Waals surface area contributed by atoms with Crippen molar-refractivity contribution >= 4 is 17.2 Å². The van der Waals surface area contributed by atoms with Gasteiger partial charge in [-0.1, -0.05) is 72.0 Å². The number of hydrogen-bond acceptors (Lipinski definition) is 3. The Bertz CT molecular complexity index is 747. The van der Waals surface area contributed by atoms with Crippen LogP contribution in [0.1, 0.15) is 0 Å². The number of nitrogens with two attached hydrogens (primary N) is 1. The molecule has 3 rings (SSSR count). The fourth-order valence-electron chi connectivity index (χ4n) is 2.21. The monoisotopic (exact) mass is 294 g/mol. The van der Waals surface area contributed by atoms with Crippen molar-refractivity contribution in [1.82, 2.24) is 15.0 Å². The molecule has 3 aromatic rings. The average molecular weight is 294 g/mol. The zero-order valence-corrected chi connectivity index (χ0v) is 12.1. The molecule has 0 aliphatic heterocycles. The van der Waals surface area contributed by atoms with Crippen LogP contribution in [0.4, 0.5) is 0 Å². The molecule has 0 spiro atoms. The van der Waals surface area contributed by atoms with Crippen LogP contribution in [-0.4, -0.2) is 20.0 Å². The third-order valence-electron chi connectivity index (χ3n) is 3.21. The van der Waals surface area contributed by atoms with E-state index in [2.05, 4.69) is 46.7 Å². The lowest BCUT2D eigenvalue weighted by atomic mass is 10.0. The molecular formula is C16H14N4S. The largest absolute Gasteiger partial charge is 0.392 e. The van der Waals surface area contributed by atoms with Gasteiger partial charge in [-0.3, -0.25) is 0 Å². The number of thiocarbonyl (C=S) groups is 1. The topological polar surface area (TPSA) is 56.7 Å². The van der Waals surface area contributed by atoms with E-state index in [1.54, 1.807) is 10.9 Å². The molecule has 0 aliphatic rings. The van der Waals surface area contributed by atoms with Gasteiger partial charge in [0, 0.05) is 5.56 Å². The summed E-state index contributed by atoms with van der Waals surface area (Å²) in [6.45, 7) is 0.394. The summed E-state index contributed by atoms with van der Waals surface area (Å²) in [6.07, 6.45) is 1.72. The number of nitrogens with zero attached hydrogens (tertiary/aromatic N) is 3. The highest BCUT2D eigenvalue weighted by atomic mass is 32.1. The zero-order valence-electron chi connectivity index (χ0n) is 11.3. The highest BCUT2D eigenvalue weighted by Crippen LogP contribution is 2.24. The van der Waals surface area contributed by atoms with Crippen LogP contribution in [0.3, 0.4) is 0 Å². The van der Waals surface area contributed by atoms with E-state index in [0.29, 0.717) is 11.5 Å². The van der Waals surface area contributed by atoms with Crippen molar-refractivity contribution in [3.8, 4) is 22.4 Å². The number of aromatic nitrogens is 3. The summed E-state index contributed by atoms with van der Waals surface area (Å²) in [4.78, 5) is 0.391. The fraction of sp³-hybridized carbons (Fsp3) is 0.0625. The predicted molar refractivity (Wildman–Crippen MR) is 87.7 cm³/mol. The van der Waals surface area contributed by atoms with Crippen molar-refractivity contribution in [3.05, 3.63) is 60.8 Å². The van der Waals surface area contributed by atoms with E-state index >= 15 is 0 Å². The van der Waals surface area contributed by atoms with E-state index in [-0.39, 0.29) is 0 Å². The predicted octanol–water partition coefficient (Wildman–Crippen LogP) is 2.90. The van der Waals surface area contributed by atoms with Gasteiger partial charge in [0.25, 0.3) is 0 Å². The van der Waals surface area contributed by atoms with E-state index in [0.717, 1.165) is 11.3 Å². The molecule has 2 aromatic carbocycles. The number of hydrogen-bond donors (Lipinski definition) is 1. The molecule has 0 unspecified atom stereocenters. The van der Waals surface area contributed by atoms with Crippen LogP contribution in [0.15, 0.2) is 60.8 Å². The van der Waals surface area contributed by atoms with E-state index in [1.807, 2.05) is 18.2 Å². The molecule has 104 valence electrons. The lowest BCUT2D eigenvalue weighted by Gasteiger charge is -2.06. The molecule has 1 heterocycles. The standard InChI is InChI=1S/C16H14N4S/c17-16(21)11-20-15(10-18-19-20)14-8-6-13(7-9-14)12-4-2-1-3-5-12/h1-10H,11H2,(H2,17,21). The maximum Gasteiger partial charge on any atom is 0.0946 e. The molecule has 2 N–H and O–H groups in total. The van der Waals surface area contributed by atoms with E-state index in [1.165, 1.54) is 11.1 Å². The molecular weight excluding hydrogens is 280 g/mol. The van der Waals surface area contributed by atoms with Gasteiger partial charge < -0.3 is 5.73 Å². The van der Waals surface area contributed by atoms with Gasteiger partial charge >= 0.3 is 0 Å². The van der Waals surface area contributed by atoms with E-state index in [9.17, 15) is 0 Å². The van der Waals surface area contributed by atoms with Gasteiger partial charge in [-0.15, -0.1) is 5.10 Å². The lowest BCUT2D eigenvalue weighted by Crippen LogP contribution is -2.18. The molecule has 0 fully saturated rings. The first-order valence-electron chi connectivity index (χ1n) is 6.57. The Kier molecular flexibility index (Phi) is 3.75. The molecule has 0 atom stereocenters. The smallest absolute Gasteiger partial charge is 0.0946 e. The molecule has 0 saturated carbocycles. The van der Waals surface area contributed by atoms with Crippen LogP contribution in [0.5, 0.6) is 0 Å². The molecule has 0 aliphatic carbocycles. The summed E-state index contributed by atoms with van der Waals surface area (Å²) < 4.78 is 1.71. The molecule has 5 heteroatoms. The van der Waals surface area contributed by atoms with Crippen molar-refractivity contribution < 1.29 is 0 Å². The Labute approximate surface area is 128 Å². The third kappa shape index (κ3) is 2.98. The fourth-order valence-corrected chi connectivity index (χ4v) is 2.33. The van der Waals surface area contributed by atoms with Crippen LogP contribution >= 0.6 is 12.2 Å². The molecule has 1 aromatic heterocycles. The summed E-state index contributed by atoms with van der Waals surface area (Å²) in [6, 6.07) is 18.5. The first-order chi connectivity index (χ1) is 10.2. The first-order valence-corrected chi connectivity index (χ1v) is 6.97. The van der Waals surface area contributed by atoms with Gasteiger partial charge in [0.2, 0.25) is 0 Å². The highest BCUT2D eigenvalue weighted by Gasteiger charge is 2.07. The number of benzene rings is 2. The Hall–Kier alpha value is -2.53. The zero-order chi connectivity index (χ0) is 14.7. The Morgan fingerprint density at radius 2 is 1.57 bits per heavy atom. The maximum absolute atomic E-state index is 5.57. The van der Waals surface area contributed by atoms with Crippen molar-refractivity contribution in [1.29, 1.82) is 0 Å². The summed E-state index contributed by atoms with van der Waals surface area (Å²) in [5, 5.41) is 7.94. The highest BCUT2D eigenvalue weighted by molar-refractivity contribution is 7.80. The first kappa shape index (κ1) is 13.5. The van der Waals surface area contributed by atoms with Crippen molar-refractivity contribution in [2.45, 2.75) is 6.54 Å². The normalized spacial score (nSPS) is 10.5. The van der Waals surface area contributed by atoms with Crippen LogP contribution in [-0.2, 0) is 6.54 Å². The third-order valence-corrected chi connectivity index (χ3v) is 3.34. The second kappa shape index (κ2) is 5.85. The minimum Gasteiger partial charge on any atom is -0.392 e. The van der Waals surface area contributed by atoms with E-state index in [4.69, 9.17) is 18.0 Å². The summed E-state index contributed by atoms with van der Waals surface area (Å²) >= 11 is 4.93. The number of rotatable bonds is 4. The van der Waals surface area contributed by atoms with Crippen LogP contribution in [0.2, 0.25) is 0 Å². The second-order valence-electron chi connectivity index (χ2n) is 4.69. The quantitative estimate of drug-likeness (QED) is 0.752. The SMILES string of the molecule is NC(=S)Cn1nncc1-c1ccc(-c2ccccc2)cc1. The molecule has 4 nitrogen and oxygen atoms in total. The van der Waals surface area contributed by atoms with Gasteiger partial charge in [-0.2, -0.15) is 0 Å². The molecule has 0 bridgehead atoms. The lowest BCUT2D eigenvalue weighted by molar-refractivity contribution is 0.687. The Morgan fingerprint density at radius 1 is 0.952 bits per heavy atom. The van der Waals surface area contributed by atoms with Gasteiger partial charge in [0.15, 0.2) is 0 Å². The second-order valence-corrected chi connectivity index (χ2v) is 5.21. The molecule has 0 saturated heterocycles. The summed E-state index contributed by atoms with van der Waals surface area (Å²) in [5.41, 5.74) is 9.88. The van der Waals surface area contributed by atoms with Crippen molar-refractivity contribution in [3.63, 3.8) is 0 Å². The van der Waals surface area contributed by atoms with Crippen molar-refractivity contribution in [2.75, 3.05) is 0 Å². The average Bonchev–Trinajstić information content (AvgIpc) is 2.96. The van der Waals surface area contributed by atoms with Gasteiger partial charge in [0.1, 0.15) is 0 Å². The minimum absolute atomic E-state index is 0.391. The summed E-state index contributed by atoms with van der Waals surface area (Å²) in [7, 11) is 0. The summed E-state index contributed by atoms with van der Waals surface area (Å²) in [5.74, 6) is 0. The Morgan fingerprint density at radius 3 is 2.24 bits per heavy atom. The van der Waals surface area contributed by atoms with Crippen LogP contribution < -0.4 is 5.73 Å². The van der Waals surface area contributed by atoms with Crippen LogP contribution in [0, 0.1) is 0 Å². The maximum atomic E-state index is 5.57. The minimum atomic E-state index is 0.391. The van der Waals surface area contributed by atoms with E-state index < -0.39 is 0 Å².